The zero-order valence-corrected chi connectivity index (χ0v) is 13.8. The van der Waals surface area contributed by atoms with Crippen molar-refractivity contribution in [2.75, 3.05) is 0 Å². The van der Waals surface area contributed by atoms with Crippen LogP contribution in [0.3, 0.4) is 0 Å². The number of carbonyl (C=O) groups is 1. The second-order valence-corrected chi connectivity index (χ2v) is 6.20. The van der Waals surface area contributed by atoms with Crippen LogP contribution in [0.5, 0.6) is 0 Å². The van der Waals surface area contributed by atoms with Gasteiger partial charge in [-0.05, 0) is 12.1 Å². The molecule has 2 aromatic rings. The number of hydrogen-bond donors (Lipinski definition) is 0. The first-order chi connectivity index (χ1) is 8.18. The third-order valence-electron chi connectivity index (χ3n) is 2.16. The van der Waals surface area contributed by atoms with Gasteiger partial charge in [0.05, 0.1) is 0 Å². The van der Waals surface area contributed by atoms with Gasteiger partial charge >= 0.3 is 18.9 Å². The van der Waals surface area contributed by atoms with E-state index in [1.807, 2.05) is 48.5 Å². The molecule has 0 unspecified atom stereocenters. The maximum Gasteiger partial charge on any atom is 1.00 e. The zero-order valence-electron chi connectivity index (χ0n) is 9.73. The first-order valence-corrected chi connectivity index (χ1v) is 7.41. The third kappa shape index (κ3) is 4.05. The van der Waals surface area contributed by atoms with Crippen molar-refractivity contribution in [2.24, 2.45) is 0 Å². The van der Waals surface area contributed by atoms with Crippen molar-refractivity contribution >= 4 is 51.3 Å². The first-order valence-electron chi connectivity index (χ1n) is 4.93. The Morgan fingerprint density at radius 2 is 1.44 bits per heavy atom. The van der Waals surface area contributed by atoms with Crippen molar-refractivity contribution < 1.29 is 23.7 Å². The van der Waals surface area contributed by atoms with E-state index in [1.165, 1.54) is 0 Å². The van der Waals surface area contributed by atoms with Gasteiger partial charge in [0.25, 0.3) is 0 Å². The number of rotatable bonds is 3. The summed E-state index contributed by atoms with van der Waals surface area (Å²) >= 11 is 6.81. The molecule has 2 aromatic carbocycles. The van der Waals surface area contributed by atoms with Gasteiger partial charge in [-0.15, -0.1) is 0 Å². The summed E-state index contributed by atoms with van der Waals surface area (Å²) in [6.45, 7) is 0. The molecule has 0 atom stereocenters. The van der Waals surface area contributed by atoms with E-state index in [0.717, 1.165) is 14.2 Å². The van der Waals surface area contributed by atoms with Gasteiger partial charge in [0.1, 0.15) is 0 Å². The Morgan fingerprint density at radius 1 is 0.889 bits per heavy atom. The van der Waals surface area contributed by atoms with Crippen LogP contribution >= 0.6 is 40.4 Å². The van der Waals surface area contributed by atoms with E-state index in [0.29, 0.717) is 14.1 Å². The van der Waals surface area contributed by atoms with Crippen molar-refractivity contribution in [1.82, 2.24) is 0 Å². The Morgan fingerprint density at radius 3 is 2.00 bits per heavy atom. The van der Waals surface area contributed by atoms with Crippen molar-refractivity contribution in [3.63, 3.8) is 0 Å². The van der Waals surface area contributed by atoms with Crippen LogP contribution < -0.4 is 24.2 Å². The molecule has 0 fully saturated rings. The van der Waals surface area contributed by atoms with Gasteiger partial charge in [0.15, 0.2) is 0 Å². The van der Waals surface area contributed by atoms with Crippen LogP contribution in [0.1, 0.15) is 10.4 Å². The summed E-state index contributed by atoms with van der Waals surface area (Å²) in [5, 5.41) is 1.00. The molecule has 0 aromatic heterocycles. The molecule has 0 amide bonds. The minimum atomic E-state index is 0. The second-order valence-electron chi connectivity index (χ2n) is 3.35. The molecule has 1 nitrogen and oxygen atoms in total. The Bertz CT molecular complexity index is 526. The molecule has 0 heterocycles. The third-order valence-corrected chi connectivity index (χ3v) is 4.47. The fourth-order valence-electron chi connectivity index (χ4n) is 1.38. The topological polar surface area (TPSA) is 17.1 Å². The monoisotopic (exact) mass is 376 g/mol. The van der Waals surface area contributed by atoms with E-state index in [9.17, 15) is 4.79 Å². The van der Waals surface area contributed by atoms with Gasteiger partial charge in [0, 0.05) is 20.0 Å². The minimum absolute atomic E-state index is 0. The normalized spacial score (nSPS) is 10.3. The van der Waals surface area contributed by atoms with Crippen molar-refractivity contribution in [3.05, 3.63) is 63.0 Å². The number of carbonyl (C=O) groups excluding carboxylic acids is 1. The van der Waals surface area contributed by atoms with E-state index >= 15 is 0 Å². The molecule has 0 aliphatic rings. The van der Waals surface area contributed by atoms with E-state index in [2.05, 4.69) is 31.9 Å². The zero-order chi connectivity index (χ0) is 12.3. The van der Waals surface area contributed by atoms with Crippen LogP contribution in [0.2, 0.25) is 0 Å². The first kappa shape index (κ1) is 16.2. The summed E-state index contributed by atoms with van der Waals surface area (Å²) in [5.74, 6) is 0. The quantitative estimate of drug-likeness (QED) is 0.587. The molecular weight excluding hydrogens is 370 g/mol. The predicted octanol–water partition coefficient (Wildman–Crippen LogP) is 1.63. The van der Waals surface area contributed by atoms with Crippen molar-refractivity contribution in [2.45, 2.75) is 0 Å². The summed E-state index contributed by atoms with van der Waals surface area (Å²) in [5.41, 5.74) is 0.772. The van der Waals surface area contributed by atoms with E-state index < -0.39 is 0 Å². The maximum atomic E-state index is 12.2. The van der Waals surface area contributed by atoms with Gasteiger partial charge in [-0.3, -0.25) is 0 Å². The molecule has 2 rings (SSSR count). The van der Waals surface area contributed by atoms with E-state index in [4.69, 9.17) is 0 Å². The van der Waals surface area contributed by atoms with Gasteiger partial charge in [-0.2, -0.15) is 5.30 Å². The summed E-state index contributed by atoms with van der Waals surface area (Å²) in [4.78, 5) is 12.2. The Kier molecular flexibility index (Phi) is 6.85. The van der Waals surface area contributed by atoms with Crippen LogP contribution in [0.25, 0.3) is 0 Å². The standard InChI is InChI=1S/C13H8Br2OP.Li/c14-10-7-4-8-11(15)12(10)13(16)17-9-5-2-1-3-6-9;/h1-8H;/q-1;+1. The van der Waals surface area contributed by atoms with Crippen LogP contribution in [0, 0.1) is 0 Å². The van der Waals surface area contributed by atoms with Crippen molar-refractivity contribution in [1.29, 1.82) is 0 Å². The fraction of sp³-hybridized carbons (Fsp3) is 0. The van der Waals surface area contributed by atoms with Crippen LogP contribution in [-0.2, 0) is 0 Å². The SMILES string of the molecule is O=C([P-]c1ccccc1)c1c(Br)cccc1Br.[Li+]. The number of benzene rings is 2. The molecule has 0 saturated heterocycles. The average Bonchev–Trinajstić information content (AvgIpc) is 2.30. The van der Waals surface area contributed by atoms with Crippen LogP contribution in [0.15, 0.2) is 57.5 Å². The number of hydrogen-bond acceptors (Lipinski definition) is 1. The Hall–Kier alpha value is 0.0974. The summed E-state index contributed by atoms with van der Waals surface area (Å²) < 4.78 is 1.64. The smallest absolute Gasteiger partial charge is 0.426 e. The number of halogens is 2. The molecule has 0 aliphatic heterocycles. The van der Waals surface area contributed by atoms with Gasteiger partial charge in [-0.1, -0.05) is 68.3 Å². The molecule has 86 valence electrons. The molecule has 0 saturated carbocycles. The van der Waals surface area contributed by atoms with Crippen LogP contribution in [0.4, 0.5) is 0 Å². The molecule has 5 heteroatoms. The molecule has 0 bridgehead atoms. The predicted molar refractivity (Wildman–Crippen MR) is 79.2 cm³/mol. The Labute approximate surface area is 137 Å². The fourth-order valence-corrected chi connectivity index (χ4v) is 3.95. The molecule has 0 aliphatic carbocycles. The summed E-state index contributed by atoms with van der Waals surface area (Å²) in [6, 6.07) is 15.4. The van der Waals surface area contributed by atoms with Crippen molar-refractivity contribution in [3.8, 4) is 0 Å². The molecular formula is C13H8Br2LiOP. The average molecular weight is 378 g/mol. The van der Waals surface area contributed by atoms with E-state index in [1.54, 1.807) is 0 Å². The maximum absolute atomic E-state index is 12.2. The molecule has 18 heavy (non-hydrogen) atoms. The van der Waals surface area contributed by atoms with Gasteiger partial charge in [0.2, 0.25) is 0 Å². The summed E-state index contributed by atoms with van der Waals surface area (Å²) in [7, 11) is 0.688. The van der Waals surface area contributed by atoms with Gasteiger partial charge in [-0.25, -0.2) is 0 Å². The van der Waals surface area contributed by atoms with E-state index in [-0.39, 0.29) is 24.4 Å². The summed E-state index contributed by atoms with van der Waals surface area (Å²) in [6.07, 6.45) is 0. The minimum Gasteiger partial charge on any atom is -0.426 e. The molecule has 0 N–H and O–H groups in total. The second kappa shape index (κ2) is 7.63. The molecule has 0 radical (unpaired) electrons. The van der Waals surface area contributed by atoms with Gasteiger partial charge < -0.3 is 13.4 Å². The Balaban J connectivity index is 0.00000162. The molecule has 0 spiro atoms. The van der Waals surface area contributed by atoms with Crippen LogP contribution in [-0.4, -0.2) is 5.52 Å². The largest absolute Gasteiger partial charge is 1.00 e.